The zero-order valence-corrected chi connectivity index (χ0v) is 21.5. The number of rotatable bonds is 12. The summed E-state index contributed by atoms with van der Waals surface area (Å²) in [6, 6.07) is 14.0. The van der Waals surface area contributed by atoms with E-state index in [1.165, 1.54) is 10.5 Å². The van der Waals surface area contributed by atoms with E-state index in [4.69, 9.17) is 4.74 Å². The first-order valence-corrected chi connectivity index (χ1v) is 12.7. The van der Waals surface area contributed by atoms with Crippen molar-refractivity contribution in [2.45, 2.75) is 76.5 Å². The molecule has 2 unspecified atom stereocenters. The maximum Gasteiger partial charge on any atom is 0.329 e. The Labute approximate surface area is 216 Å². The maximum atomic E-state index is 13.6. The number of nitrogens with zero attached hydrogens (tertiary/aromatic N) is 1. The first kappa shape index (κ1) is 28.4. The number of urea groups is 1. The zero-order chi connectivity index (χ0) is 27.2. The molecule has 2 amide bonds. The van der Waals surface area contributed by atoms with Crippen molar-refractivity contribution in [2.75, 3.05) is 13.2 Å². The van der Waals surface area contributed by atoms with Crippen LogP contribution < -0.4 is 10.1 Å². The van der Waals surface area contributed by atoms with Crippen LogP contribution in [0.15, 0.2) is 48.5 Å². The molecule has 9 heteroatoms. The highest BCUT2D eigenvalue weighted by atomic mass is 19.3. The molecule has 0 radical (unpaired) electrons. The van der Waals surface area contributed by atoms with Crippen molar-refractivity contribution in [3.8, 4) is 5.75 Å². The van der Waals surface area contributed by atoms with Crippen LogP contribution in [0.4, 0.5) is 13.6 Å². The summed E-state index contributed by atoms with van der Waals surface area (Å²) in [5, 5.41) is 22.1. The average molecular weight is 519 g/mol. The van der Waals surface area contributed by atoms with Crippen molar-refractivity contribution in [1.82, 2.24) is 10.2 Å². The number of amides is 2. The van der Waals surface area contributed by atoms with E-state index in [1.54, 1.807) is 32.0 Å². The third kappa shape index (κ3) is 6.97. The fourth-order valence-electron chi connectivity index (χ4n) is 4.74. The van der Waals surface area contributed by atoms with Crippen molar-refractivity contribution in [3.05, 3.63) is 65.2 Å². The molecule has 0 heterocycles. The van der Waals surface area contributed by atoms with Gasteiger partial charge in [-0.2, -0.15) is 0 Å². The van der Waals surface area contributed by atoms with E-state index in [0.29, 0.717) is 30.9 Å². The summed E-state index contributed by atoms with van der Waals surface area (Å²) in [7, 11) is 0. The standard InChI is InChI=1S/C28H36F2N2O5/c1-4-37-24-16-22(13-14-23(24)20(3)33)19(2)32(15-9-8-12-21-10-6-5-7-11-21)26(36)31-27(25(34)35)17-28(29,30)18-27/h5-7,10-11,13-14,16,19-20,33H,4,8-9,12,15,17-18H2,1-3H3,(H,31,36)(H,34,35). The van der Waals surface area contributed by atoms with Gasteiger partial charge in [0.15, 0.2) is 5.54 Å². The van der Waals surface area contributed by atoms with E-state index in [2.05, 4.69) is 5.32 Å². The molecule has 37 heavy (non-hydrogen) atoms. The lowest BCUT2D eigenvalue weighted by atomic mass is 9.73. The Kier molecular flexibility index (Phi) is 9.12. The van der Waals surface area contributed by atoms with Crippen LogP contribution in [0.3, 0.4) is 0 Å². The number of aliphatic carboxylic acids is 1. The van der Waals surface area contributed by atoms with Gasteiger partial charge in [-0.3, -0.25) is 0 Å². The molecule has 0 bridgehead atoms. The number of aryl methyl sites for hydroxylation is 1. The number of ether oxygens (including phenoxy) is 1. The predicted molar refractivity (Wildman–Crippen MR) is 136 cm³/mol. The number of unbranched alkanes of at least 4 members (excludes halogenated alkanes) is 1. The van der Waals surface area contributed by atoms with Crippen molar-refractivity contribution in [1.29, 1.82) is 0 Å². The smallest absolute Gasteiger partial charge is 0.329 e. The Balaban J connectivity index is 1.81. The van der Waals surface area contributed by atoms with Crippen molar-refractivity contribution in [2.24, 2.45) is 0 Å². The topological polar surface area (TPSA) is 99.1 Å². The van der Waals surface area contributed by atoms with Gasteiger partial charge in [0.1, 0.15) is 5.75 Å². The van der Waals surface area contributed by atoms with Gasteiger partial charge in [0.25, 0.3) is 5.92 Å². The van der Waals surface area contributed by atoms with E-state index >= 15 is 0 Å². The van der Waals surface area contributed by atoms with Gasteiger partial charge >= 0.3 is 12.0 Å². The molecule has 3 rings (SSSR count). The molecule has 0 spiro atoms. The largest absolute Gasteiger partial charge is 0.493 e. The second-order valence-electron chi connectivity index (χ2n) is 9.75. The van der Waals surface area contributed by atoms with Crippen molar-refractivity contribution >= 4 is 12.0 Å². The number of halogens is 2. The molecule has 0 saturated heterocycles. The summed E-state index contributed by atoms with van der Waals surface area (Å²) < 4.78 is 33.0. The number of nitrogens with one attached hydrogen (secondary N) is 1. The van der Waals surface area contributed by atoms with Crippen LogP contribution in [0.5, 0.6) is 5.75 Å². The summed E-state index contributed by atoms with van der Waals surface area (Å²) in [5.74, 6) is -4.10. The highest BCUT2D eigenvalue weighted by Gasteiger charge is 2.62. The number of aliphatic hydroxyl groups is 1. The number of aliphatic hydroxyl groups excluding tert-OH is 1. The fraction of sp³-hybridized carbons (Fsp3) is 0.500. The normalized spacial score (nSPS) is 17.2. The first-order valence-electron chi connectivity index (χ1n) is 12.7. The van der Waals surface area contributed by atoms with E-state index in [9.17, 15) is 28.6 Å². The van der Waals surface area contributed by atoms with Crippen LogP contribution in [0, 0.1) is 0 Å². The van der Waals surface area contributed by atoms with E-state index < -0.39 is 48.4 Å². The third-order valence-corrected chi connectivity index (χ3v) is 6.83. The van der Waals surface area contributed by atoms with Gasteiger partial charge in [0, 0.05) is 24.9 Å². The molecule has 2 aromatic rings. The number of hydrogen-bond donors (Lipinski definition) is 3. The van der Waals surface area contributed by atoms with Crippen molar-refractivity contribution < 1.29 is 33.3 Å². The molecule has 2 atom stereocenters. The Bertz CT molecular complexity index is 1070. The highest BCUT2D eigenvalue weighted by molar-refractivity contribution is 5.88. The van der Waals surface area contributed by atoms with E-state index in [-0.39, 0.29) is 0 Å². The molecule has 0 aliphatic heterocycles. The quantitative estimate of drug-likeness (QED) is 0.323. The summed E-state index contributed by atoms with van der Waals surface area (Å²) in [5.41, 5.74) is 0.505. The van der Waals surface area contributed by atoms with Gasteiger partial charge in [0.05, 0.1) is 18.8 Å². The molecule has 1 fully saturated rings. The fourth-order valence-corrected chi connectivity index (χ4v) is 4.74. The first-order chi connectivity index (χ1) is 17.5. The van der Waals surface area contributed by atoms with Gasteiger partial charge in [-0.25, -0.2) is 18.4 Å². The zero-order valence-electron chi connectivity index (χ0n) is 21.5. The Morgan fingerprint density at radius 1 is 1.11 bits per heavy atom. The van der Waals surface area contributed by atoms with E-state index in [0.717, 1.165) is 18.4 Å². The molecule has 1 aliphatic rings. The molecule has 1 saturated carbocycles. The van der Waals surface area contributed by atoms with Crippen LogP contribution in [0.25, 0.3) is 0 Å². The van der Waals surface area contributed by atoms with Crippen molar-refractivity contribution in [3.63, 3.8) is 0 Å². The second kappa shape index (κ2) is 11.9. The second-order valence-corrected chi connectivity index (χ2v) is 9.75. The lowest BCUT2D eigenvalue weighted by molar-refractivity contribution is -0.175. The van der Waals surface area contributed by atoms with Crippen LogP contribution in [0.2, 0.25) is 0 Å². The number of carbonyl (C=O) groups is 2. The Morgan fingerprint density at radius 3 is 2.35 bits per heavy atom. The van der Waals surface area contributed by atoms with Crippen LogP contribution in [-0.2, 0) is 11.2 Å². The van der Waals surface area contributed by atoms with Crippen LogP contribution >= 0.6 is 0 Å². The molecular weight excluding hydrogens is 482 g/mol. The molecule has 7 nitrogen and oxygen atoms in total. The number of alkyl halides is 2. The summed E-state index contributed by atoms with van der Waals surface area (Å²) in [6.07, 6.45) is -0.392. The highest BCUT2D eigenvalue weighted by Crippen LogP contribution is 2.46. The van der Waals surface area contributed by atoms with Crippen LogP contribution in [0.1, 0.15) is 75.3 Å². The summed E-state index contributed by atoms with van der Waals surface area (Å²) >= 11 is 0. The minimum atomic E-state index is -3.12. The number of hydrogen-bond acceptors (Lipinski definition) is 4. The molecule has 2 aromatic carbocycles. The molecule has 0 aromatic heterocycles. The van der Waals surface area contributed by atoms with Gasteiger partial charge < -0.3 is 25.2 Å². The summed E-state index contributed by atoms with van der Waals surface area (Å²) in [4.78, 5) is 26.7. The monoisotopic (exact) mass is 518 g/mol. The molecular formula is C28H36F2N2O5. The number of carboxylic acids is 1. The average Bonchev–Trinajstić information content (AvgIpc) is 2.82. The van der Waals surface area contributed by atoms with Gasteiger partial charge in [-0.05, 0) is 57.2 Å². The molecule has 202 valence electrons. The molecule has 1 aliphatic carbocycles. The minimum absolute atomic E-state index is 0.300. The lowest BCUT2D eigenvalue weighted by Crippen LogP contribution is -2.68. The minimum Gasteiger partial charge on any atom is -0.493 e. The Morgan fingerprint density at radius 2 is 1.78 bits per heavy atom. The third-order valence-electron chi connectivity index (χ3n) is 6.83. The summed E-state index contributed by atoms with van der Waals surface area (Å²) in [6.45, 7) is 5.94. The number of benzene rings is 2. The van der Waals surface area contributed by atoms with Gasteiger partial charge in [0.2, 0.25) is 0 Å². The van der Waals surface area contributed by atoms with Gasteiger partial charge in [-0.15, -0.1) is 0 Å². The number of carbonyl (C=O) groups excluding carboxylic acids is 1. The molecule has 3 N–H and O–H groups in total. The van der Waals surface area contributed by atoms with Gasteiger partial charge in [-0.1, -0.05) is 42.5 Å². The predicted octanol–water partition coefficient (Wildman–Crippen LogP) is 5.49. The maximum absolute atomic E-state index is 13.6. The number of carboxylic acid groups (broad SMARTS) is 1. The Hall–Kier alpha value is -3.20. The lowest BCUT2D eigenvalue weighted by Gasteiger charge is -2.45. The SMILES string of the molecule is CCOc1cc(C(C)N(CCCCc2ccccc2)C(=O)NC2(C(=O)O)CC(F)(F)C2)ccc1C(C)O. The van der Waals surface area contributed by atoms with Crippen LogP contribution in [-0.4, -0.2) is 51.7 Å². The van der Waals surface area contributed by atoms with E-state index in [1.807, 2.05) is 37.3 Å².